The molecule has 29 heavy (non-hydrogen) atoms. The van der Waals surface area contributed by atoms with Gasteiger partial charge in [0.25, 0.3) is 0 Å². The van der Waals surface area contributed by atoms with Gasteiger partial charge in [0.2, 0.25) is 0 Å². The van der Waals surface area contributed by atoms with Crippen LogP contribution in [0.15, 0.2) is 54.7 Å². The molecule has 4 rings (SSSR count). The van der Waals surface area contributed by atoms with Crippen LogP contribution in [0.5, 0.6) is 5.75 Å². The molecular weight excluding hydrogens is 378 g/mol. The molecule has 7 nitrogen and oxygen atoms in total. The van der Waals surface area contributed by atoms with Gasteiger partial charge in [-0.15, -0.1) is 5.10 Å². The van der Waals surface area contributed by atoms with Crippen LogP contribution in [0.25, 0.3) is 28.2 Å². The second kappa shape index (κ2) is 7.63. The summed E-state index contributed by atoms with van der Waals surface area (Å²) in [6, 6.07) is 13.0. The summed E-state index contributed by atoms with van der Waals surface area (Å²) in [5.41, 5.74) is 7.88. The van der Waals surface area contributed by atoms with Gasteiger partial charge in [0.05, 0.1) is 12.2 Å². The van der Waals surface area contributed by atoms with Crippen molar-refractivity contribution in [2.24, 2.45) is 0 Å². The molecule has 0 bridgehead atoms. The predicted molar refractivity (Wildman–Crippen MR) is 103 cm³/mol. The molecule has 2 aromatic carbocycles. The van der Waals surface area contributed by atoms with Crippen LogP contribution >= 0.6 is 0 Å². The molecule has 0 saturated carbocycles. The Bertz CT molecular complexity index is 1180. The lowest BCUT2D eigenvalue weighted by Gasteiger charge is -2.10. The average Bonchev–Trinajstić information content (AvgIpc) is 3.20. The van der Waals surface area contributed by atoms with Crippen LogP contribution in [-0.2, 0) is 0 Å². The minimum Gasteiger partial charge on any atom is -0.494 e. The van der Waals surface area contributed by atoms with Gasteiger partial charge in [-0.3, -0.25) is 0 Å². The Balaban J connectivity index is 1.82. The van der Waals surface area contributed by atoms with Crippen LogP contribution in [0.2, 0.25) is 0 Å². The van der Waals surface area contributed by atoms with Crippen molar-refractivity contribution in [1.29, 1.82) is 0 Å². The number of aromatic nitrogens is 5. The summed E-state index contributed by atoms with van der Waals surface area (Å²) in [7, 11) is 0. The van der Waals surface area contributed by atoms with Crippen LogP contribution < -0.4 is 10.5 Å². The number of rotatable bonds is 5. The van der Waals surface area contributed by atoms with E-state index >= 15 is 0 Å². The number of anilines is 1. The topological polar surface area (TPSA) is 91.7 Å². The highest BCUT2D eigenvalue weighted by molar-refractivity contribution is 5.76. The molecule has 0 radical (unpaired) electrons. The molecule has 0 aliphatic carbocycles. The monoisotopic (exact) mass is 394 g/mol. The summed E-state index contributed by atoms with van der Waals surface area (Å²) < 4.78 is 34.6. The standard InChI is InChI=1S/C20H16F2N6O/c1-2-29-14-6-3-5-12(9-14)13-10-15(19(23)24-11-13)20-25-26-27-28(20)17-8-4-7-16(21)18(17)22/h3-11H,2H2,1H3,(H2,23,24). The Morgan fingerprint density at radius 1 is 1.07 bits per heavy atom. The maximum absolute atomic E-state index is 14.3. The highest BCUT2D eigenvalue weighted by Crippen LogP contribution is 2.31. The average molecular weight is 394 g/mol. The number of tetrazole rings is 1. The molecule has 0 aliphatic rings. The van der Waals surface area contributed by atoms with Gasteiger partial charge in [0.15, 0.2) is 17.5 Å². The molecule has 2 N–H and O–H groups in total. The Morgan fingerprint density at radius 3 is 2.72 bits per heavy atom. The van der Waals surface area contributed by atoms with E-state index in [1.54, 1.807) is 12.3 Å². The lowest BCUT2D eigenvalue weighted by Crippen LogP contribution is -2.06. The minimum atomic E-state index is -1.06. The Kier molecular flexibility index (Phi) is 4.86. The summed E-state index contributed by atoms with van der Waals surface area (Å²) in [6.45, 7) is 2.45. The zero-order valence-electron chi connectivity index (χ0n) is 15.4. The number of hydrogen-bond acceptors (Lipinski definition) is 6. The SMILES string of the molecule is CCOc1cccc(-c2cnc(N)c(-c3nnnn3-c3cccc(F)c3F)c2)c1. The smallest absolute Gasteiger partial charge is 0.190 e. The fraction of sp³-hybridized carbons (Fsp3) is 0.100. The molecular formula is C20H16F2N6O. The first-order valence-corrected chi connectivity index (χ1v) is 8.80. The fourth-order valence-electron chi connectivity index (χ4n) is 2.92. The molecule has 0 atom stereocenters. The second-order valence-electron chi connectivity index (χ2n) is 6.10. The number of nitrogens with two attached hydrogens (primary N) is 1. The van der Waals surface area contributed by atoms with Crippen molar-refractivity contribution in [3.63, 3.8) is 0 Å². The predicted octanol–water partition coefficient (Wildman–Crippen LogP) is 3.65. The first-order chi connectivity index (χ1) is 14.1. The van der Waals surface area contributed by atoms with E-state index < -0.39 is 11.6 Å². The molecule has 0 aliphatic heterocycles. The summed E-state index contributed by atoms with van der Waals surface area (Å²) in [5, 5.41) is 11.3. The van der Waals surface area contributed by atoms with Crippen LogP contribution in [0.3, 0.4) is 0 Å². The van der Waals surface area contributed by atoms with Gasteiger partial charge < -0.3 is 10.5 Å². The Morgan fingerprint density at radius 2 is 1.90 bits per heavy atom. The van der Waals surface area contributed by atoms with Gasteiger partial charge in [0, 0.05) is 11.8 Å². The number of nitrogens with zero attached hydrogens (tertiary/aromatic N) is 5. The van der Waals surface area contributed by atoms with Crippen molar-refractivity contribution < 1.29 is 13.5 Å². The first-order valence-electron chi connectivity index (χ1n) is 8.80. The summed E-state index contributed by atoms with van der Waals surface area (Å²) in [5.74, 6) is -1.05. The van der Waals surface area contributed by atoms with Gasteiger partial charge in [-0.05, 0) is 53.2 Å². The van der Waals surface area contributed by atoms with E-state index in [1.165, 1.54) is 12.1 Å². The fourth-order valence-corrected chi connectivity index (χ4v) is 2.92. The van der Waals surface area contributed by atoms with E-state index in [0.29, 0.717) is 12.2 Å². The zero-order chi connectivity index (χ0) is 20.4. The maximum atomic E-state index is 14.3. The number of hydrogen-bond donors (Lipinski definition) is 1. The van der Waals surface area contributed by atoms with Gasteiger partial charge in [0.1, 0.15) is 17.3 Å². The lowest BCUT2D eigenvalue weighted by atomic mass is 10.0. The minimum absolute atomic E-state index is 0.131. The number of halogens is 2. The molecule has 0 spiro atoms. The first kappa shape index (κ1) is 18.5. The van der Waals surface area contributed by atoms with Crippen molar-refractivity contribution in [2.45, 2.75) is 6.92 Å². The normalized spacial score (nSPS) is 10.9. The van der Waals surface area contributed by atoms with Crippen molar-refractivity contribution in [3.05, 3.63) is 66.4 Å². The highest BCUT2D eigenvalue weighted by atomic mass is 19.2. The molecule has 2 aromatic heterocycles. The van der Waals surface area contributed by atoms with Gasteiger partial charge in [-0.2, -0.15) is 4.68 Å². The van der Waals surface area contributed by atoms with Gasteiger partial charge in [-0.25, -0.2) is 13.8 Å². The molecule has 0 fully saturated rings. The van der Waals surface area contributed by atoms with E-state index in [2.05, 4.69) is 20.5 Å². The molecule has 0 saturated heterocycles. The zero-order valence-corrected chi connectivity index (χ0v) is 15.4. The van der Waals surface area contributed by atoms with E-state index in [9.17, 15) is 8.78 Å². The van der Waals surface area contributed by atoms with E-state index in [4.69, 9.17) is 10.5 Å². The van der Waals surface area contributed by atoms with E-state index in [1.807, 2.05) is 31.2 Å². The molecule has 0 amide bonds. The second-order valence-corrected chi connectivity index (χ2v) is 6.10. The molecule has 0 unspecified atom stereocenters. The number of ether oxygens (including phenoxy) is 1. The quantitative estimate of drug-likeness (QED) is 0.556. The van der Waals surface area contributed by atoms with Crippen LogP contribution in [0, 0.1) is 11.6 Å². The van der Waals surface area contributed by atoms with E-state index in [-0.39, 0.29) is 17.3 Å². The van der Waals surface area contributed by atoms with Gasteiger partial charge in [-0.1, -0.05) is 18.2 Å². The summed E-state index contributed by atoms with van der Waals surface area (Å²) in [4.78, 5) is 4.22. The van der Waals surface area contributed by atoms with Crippen LogP contribution in [-0.4, -0.2) is 31.8 Å². The van der Waals surface area contributed by atoms with Crippen LogP contribution in [0.1, 0.15) is 6.92 Å². The summed E-state index contributed by atoms with van der Waals surface area (Å²) in [6.07, 6.45) is 1.61. The Hall–Kier alpha value is -3.88. The largest absolute Gasteiger partial charge is 0.494 e. The number of benzene rings is 2. The molecule has 2 heterocycles. The third-order valence-corrected chi connectivity index (χ3v) is 4.27. The Labute approximate surface area is 164 Å². The number of pyridine rings is 1. The third-order valence-electron chi connectivity index (χ3n) is 4.27. The number of nitrogen functional groups attached to an aromatic ring is 1. The third kappa shape index (κ3) is 3.49. The molecule has 4 aromatic rings. The van der Waals surface area contributed by atoms with Gasteiger partial charge >= 0.3 is 0 Å². The molecule has 146 valence electrons. The lowest BCUT2D eigenvalue weighted by molar-refractivity contribution is 0.340. The van der Waals surface area contributed by atoms with E-state index in [0.717, 1.165) is 27.6 Å². The highest BCUT2D eigenvalue weighted by Gasteiger charge is 2.19. The molecule has 9 heteroatoms. The summed E-state index contributed by atoms with van der Waals surface area (Å²) >= 11 is 0. The van der Waals surface area contributed by atoms with Crippen LogP contribution in [0.4, 0.5) is 14.6 Å². The van der Waals surface area contributed by atoms with Crippen molar-refractivity contribution >= 4 is 5.82 Å². The maximum Gasteiger partial charge on any atom is 0.190 e. The van der Waals surface area contributed by atoms with Crippen molar-refractivity contribution in [1.82, 2.24) is 25.2 Å². The van der Waals surface area contributed by atoms with Crippen molar-refractivity contribution in [3.8, 4) is 34.0 Å². The van der Waals surface area contributed by atoms with Crippen molar-refractivity contribution in [2.75, 3.05) is 12.3 Å².